The highest BCUT2D eigenvalue weighted by atomic mass is 19.1. The van der Waals surface area contributed by atoms with Gasteiger partial charge in [-0.05, 0) is 39.2 Å². The first-order valence-corrected chi connectivity index (χ1v) is 5.80. The van der Waals surface area contributed by atoms with E-state index in [0.717, 1.165) is 19.0 Å². The molecule has 0 saturated heterocycles. The summed E-state index contributed by atoms with van der Waals surface area (Å²) in [5.41, 5.74) is -0.0137. The summed E-state index contributed by atoms with van der Waals surface area (Å²) in [5.74, 6) is -1.25. The van der Waals surface area contributed by atoms with Gasteiger partial charge in [-0.1, -0.05) is 0 Å². The summed E-state index contributed by atoms with van der Waals surface area (Å²) in [7, 11) is 5.56. The van der Waals surface area contributed by atoms with Crippen molar-refractivity contribution in [2.45, 2.75) is 6.42 Å². The van der Waals surface area contributed by atoms with Crippen LogP contribution >= 0.6 is 0 Å². The molecule has 0 unspecified atom stereocenters. The van der Waals surface area contributed by atoms with Gasteiger partial charge in [-0.3, -0.25) is 4.79 Å². The first kappa shape index (κ1) is 14.4. The SMILES string of the molecule is CN(C)CCCN(C)C(=O)c1ccc(O)cc1F. The van der Waals surface area contributed by atoms with Gasteiger partial charge in [-0.25, -0.2) is 4.39 Å². The number of carbonyl (C=O) groups excluding carboxylic acids is 1. The predicted molar refractivity (Wildman–Crippen MR) is 68.2 cm³/mol. The number of nitrogens with zero attached hydrogens (tertiary/aromatic N) is 2. The molecule has 1 rings (SSSR count). The Bertz CT molecular complexity index is 421. The third-order valence-corrected chi connectivity index (χ3v) is 2.63. The molecule has 100 valence electrons. The van der Waals surface area contributed by atoms with Crippen LogP contribution in [0.2, 0.25) is 0 Å². The van der Waals surface area contributed by atoms with Crippen LogP contribution in [0.4, 0.5) is 4.39 Å². The summed E-state index contributed by atoms with van der Waals surface area (Å²) in [4.78, 5) is 15.5. The molecule has 0 aliphatic rings. The van der Waals surface area contributed by atoms with Crippen LogP contribution in [0, 0.1) is 5.82 Å². The maximum atomic E-state index is 13.5. The zero-order valence-electron chi connectivity index (χ0n) is 11.0. The molecule has 0 aliphatic carbocycles. The molecule has 0 radical (unpaired) electrons. The Morgan fingerprint density at radius 3 is 2.50 bits per heavy atom. The van der Waals surface area contributed by atoms with Crippen molar-refractivity contribution >= 4 is 5.91 Å². The zero-order valence-corrected chi connectivity index (χ0v) is 11.0. The minimum Gasteiger partial charge on any atom is -0.508 e. The molecule has 18 heavy (non-hydrogen) atoms. The highest BCUT2D eigenvalue weighted by Crippen LogP contribution is 2.16. The smallest absolute Gasteiger partial charge is 0.256 e. The summed E-state index contributed by atoms with van der Waals surface area (Å²) in [6.07, 6.45) is 0.828. The zero-order chi connectivity index (χ0) is 13.7. The van der Waals surface area contributed by atoms with Crippen molar-refractivity contribution in [3.05, 3.63) is 29.6 Å². The maximum absolute atomic E-state index is 13.5. The fraction of sp³-hybridized carbons (Fsp3) is 0.462. The number of phenols is 1. The lowest BCUT2D eigenvalue weighted by Crippen LogP contribution is -2.30. The molecule has 0 spiro atoms. The topological polar surface area (TPSA) is 43.8 Å². The molecule has 0 bridgehead atoms. The molecular weight excluding hydrogens is 235 g/mol. The van der Waals surface area contributed by atoms with Crippen LogP contribution in [0.15, 0.2) is 18.2 Å². The number of rotatable bonds is 5. The van der Waals surface area contributed by atoms with Crippen molar-refractivity contribution in [3.63, 3.8) is 0 Å². The number of aromatic hydroxyl groups is 1. The Labute approximate surface area is 107 Å². The van der Waals surface area contributed by atoms with Gasteiger partial charge >= 0.3 is 0 Å². The first-order chi connectivity index (χ1) is 8.41. The molecule has 0 saturated carbocycles. The second-order valence-corrected chi connectivity index (χ2v) is 4.55. The quantitative estimate of drug-likeness (QED) is 0.867. The molecule has 4 nitrogen and oxygen atoms in total. The summed E-state index contributed by atoms with van der Waals surface area (Å²) < 4.78 is 13.5. The van der Waals surface area contributed by atoms with Crippen LogP contribution in [-0.4, -0.2) is 55.0 Å². The molecule has 5 heteroatoms. The number of hydrogen-bond donors (Lipinski definition) is 1. The monoisotopic (exact) mass is 254 g/mol. The molecule has 0 aliphatic heterocycles. The molecule has 1 aromatic rings. The Kier molecular flexibility index (Phi) is 5.09. The molecule has 0 atom stereocenters. The van der Waals surface area contributed by atoms with E-state index < -0.39 is 5.82 Å². The van der Waals surface area contributed by atoms with E-state index in [4.69, 9.17) is 5.11 Å². The third-order valence-electron chi connectivity index (χ3n) is 2.63. The lowest BCUT2D eigenvalue weighted by atomic mass is 10.1. The average Bonchev–Trinajstić information content (AvgIpc) is 2.27. The van der Waals surface area contributed by atoms with E-state index in [-0.39, 0.29) is 17.2 Å². The van der Waals surface area contributed by atoms with Gasteiger partial charge in [-0.2, -0.15) is 0 Å². The molecule has 0 fully saturated rings. The maximum Gasteiger partial charge on any atom is 0.256 e. The van der Waals surface area contributed by atoms with E-state index in [1.165, 1.54) is 17.0 Å². The van der Waals surface area contributed by atoms with Gasteiger partial charge in [-0.15, -0.1) is 0 Å². The summed E-state index contributed by atoms with van der Waals surface area (Å²) in [5, 5.41) is 9.09. The van der Waals surface area contributed by atoms with Crippen LogP contribution < -0.4 is 0 Å². The summed E-state index contributed by atoms with van der Waals surface area (Å²) in [6.45, 7) is 1.44. The van der Waals surface area contributed by atoms with Crippen molar-refractivity contribution in [1.82, 2.24) is 9.80 Å². The lowest BCUT2D eigenvalue weighted by Gasteiger charge is -2.18. The van der Waals surface area contributed by atoms with Crippen LogP contribution in [0.3, 0.4) is 0 Å². The van der Waals surface area contributed by atoms with Gasteiger partial charge in [0.1, 0.15) is 11.6 Å². The Morgan fingerprint density at radius 2 is 1.94 bits per heavy atom. The van der Waals surface area contributed by atoms with E-state index in [1.54, 1.807) is 7.05 Å². The second kappa shape index (κ2) is 6.35. The van der Waals surface area contributed by atoms with E-state index in [9.17, 15) is 9.18 Å². The highest BCUT2D eigenvalue weighted by Gasteiger charge is 2.16. The van der Waals surface area contributed by atoms with Crippen LogP contribution in [0.5, 0.6) is 5.75 Å². The van der Waals surface area contributed by atoms with Crippen molar-refractivity contribution < 1.29 is 14.3 Å². The van der Waals surface area contributed by atoms with Gasteiger partial charge in [0.2, 0.25) is 0 Å². The molecule has 0 aromatic heterocycles. The van der Waals surface area contributed by atoms with Crippen LogP contribution in [0.1, 0.15) is 16.8 Å². The third kappa shape index (κ3) is 4.00. The van der Waals surface area contributed by atoms with Gasteiger partial charge in [0.25, 0.3) is 5.91 Å². The van der Waals surface area contributed by atoms with Gasteiger partial charge < -0.3 is 14.9 Å². The number of carbonyl (C=O) groups is 1. The predicted octanol–water partition coefficient (Wildman–Crippen LogP) is 1.55. The average molecular weight is 254 g/mol. The number of amides is 1. The van der Waals surface area contributed by atoms with Crippen molar-refractivity contribution in [1.29, 1.82) is 0 Å². The van der Waals surface area contributed by atoms with E-state index >= 15 is 0 Å². The molecule has 0 heterocycles. The standard InChI is InChI=1S/C13H19FN2O2/c1-15(2)7-4-8-16(3)13(18)11-6-5-10(17)9-12(11)14/h5-6,9,17H,4,7-8H2,1-3H3. The van der Waals surface area contributed by atoms with Crippen LogP contribution in [0.25, 0.3) is 0 Å². The van der Waals surface area contributed by atoms with Crippen molar-refractivity contribution in [2.75, 3.05) is 34.2 Å². The molecule has 1 N–H and O–H groups in total. The van der Waals surface area contributed by atoms with E-state index in [0.29, 0.717) is 6.54 Å². The minimum atomic E-state index is -0.695. The minimum absolute atomic E-state index is 0.0137. The van der Waals surface area contributed by atoms with Gasteiger partial charge in [0.05, 0.1) is 5.56 Å². The second-order valence-electron chi connectivity index (χ2n) is 4.55. The van der Waals surface area contributed by atoms with E-state index in [2.05, 4.69) is 0 Å². The summed E-state index contributed by atoms with van der Waals surface area (Å²) in [6, 6.07) is 3.56. The number of benzene rings is 1. The largest absolute Gasteiger partial charge is 0.508 e. The summed E-state index contributed by atoms with van der Waals surface area (Å²) >= 11 is 0. The Balaban J connectivity index is 2.63. The molecule has 1 aromatic carbocycles. The Hall–Kier alpha value is -1.62. The molecule has 1 amide bonds. The van der Waals surface area contributed by atoms with Crippen molar-refractivity contribution in [3.8, 4) is 5.75 Å². The Morgan fingerprint density at radius 1 is 1.28 bits per heavy atom. The number of phenolic OH excluding ortho intramolecular Hbond substituents is 1. The number of halogens is 1. The normalized spacial score (nSPS) is 10.7. The fourth-order valence-corrected chi connectivity index (χ4v) is 1.61. The van der Waals surface area contributed by atoms with Gasteiger partial charge in [0, 0.05) is 19.7 Å². The first-order valence-electron chi connectivity index (χ1n) is 5.80. The number of hydrogen-bond acceptors (Lipinski definition) is 3. The lowest BCUT2D eigenvalue weighted by molar-refractivity contribution is 0.0786. The van der Waals surface area contributed by atoms with Crippen molar-refractivity contribution in [2.24, 2.45) is 0 Å². The highest BCUT2D eigenvalue weighted by molar-refractivity contribution is 5.94. The van der Waals surface area contributed by atoms with E-state index in [1.807, 2.05) is 19.0 Å². The fourth-order valence-electron chi connectivity index (χ4n) is 1.61. The van der Waals surface area contributed by atoms with Crippen LogP contribution in [-0.2, 0) is 0 Å². The van der Waals surface area contributed by atoms with Gasteiger partial charge in [0.15, 0.2) is 0 Å². The molecular formula is C13H19FN2O2.